The Balaban J connectivity index is 1.47. The summed E-state index contributed by atoms with van der Waals surface area (Å²) in [5.41, 5.74) is 2.15. The lowest BCUT2D eigenvalue weighted by Crippen LogP contribution is -2.39. The van der Waals surface area contributed by atoms with Crippen LogP contribution in [-0.4, -0.2) is 33.4 Å². The molecule has 3 aliphatic carbocycles. The first-order valence-corrected chi connectivity index (χ1v) is 13.2. The van der Waals surface area contributed by atoms with Crippen LogP contribution in [0.2, 0.25) is 0 Å². The van der Waals surface area contributed by atoms with Crippen molar-refractivity contribution in [2.75, 3.05) is 4.90 Å². The number of hydrogen-bond donors (Lipinski definition) is 1. The second kappa shape index (κ2) is 8.94. The SMILES string of the molecule is CC1=CC(=O)C2=C(CC3C(=CCC4C(=O)N(c5ccc([N+](=O)[O-])cc5)C(=O)C43)C2c2cc(Br)ccc2O)C1=O. The van der Waals surface area contributed by atoms with Gasteiger partial charge in [0.25, 0.3) is 5.69 Å². The molecular weight excluding hydrogens is 568 g/mol. The molecule has 1 aliphatic heterocycles. The summed E-state index contributed by atoms with van der Waals surface area (Å²) in [4.78, 5) is 65.6. The predicted octanol–water partition coefficient (Wildman–Crippen LogP) is 4.70. The summed E-state index contributed by atoms with van der Waals surface area (Å²) in [6.07, 6.45) is 3.55. The van der Waals surface area contributed by atoms with E-state index < -0.39 is 40.4 Å². The molecule has 0 aromatic heterocycles. The molecule has 4 atom stereocenters. The van der Waals surface area contributed by atoms with E-state index in [0.717, 1.165) is 10.5 Å². The van der Waals surface area contributed by atoms with Crippen molar-refractivity contribution in [3.05, 3.63) is 97.1 Å². The molecule has 1 fully saturated rings. The lowest BCUT2D eigenvalue weighted by Gasteiger charge is -2.42. The fourth-order valence-corrected chi connectivity index (χ4v) is 6.85. The Kier molecular flexibility index (Phi) is 5.76. The van der Waals surface area contributed by atoms with Crippen LogP contribution in [0.4, 0.5) is 11.4 Å². The molecule has 9 nitrogen and oxygen atoms in total. The van der Waals surface area contributed by atoms with Crippen molar-refractivity contribution in [1.82, 2.24) is 0 Å². The molecule has 10 heteroatoms. The zero-order valence-corrected chi connectivity index (χ0v) is 22.2. The minimum absolute atomic E-state index is 0.0495. The third-order valence-electron chi connectivity index (χ3n) is 8.18. The van der Waals surface area contributed by atoms with Gasteiger partial charge in [0, 0.05) is 44.8 Å². The number of ketones is 2. The smallest absolute Gasteiger partial charge is 0.269 e. The maximum atomic E-state index is 13.9. The number of rotatable bonds is 3. The van der Waals surface area contributed by atoms with Gasteiger partial charge in [-0.2, -0.15) is 0 Å². The summed E-state index contributed by atoms with van der Waals surface area (Å²) in [7, 11) is 0. The van der Waals surface area contributed by atoms with E-state index in [1.54, 1.807) is 19.1 Å². The van der Waals surface area contributed by atoms with Crippen LogP contribution in [0.5, 0.6) is 5.75 Å². The molecule has 4 unspecified atom stereocenters. The molecule has 0 radical (unpaired) electrons. The maximum absolute atomic E-state index is 13.9. The van der Waals surface area contributed by atoms with Gasteiger partial charge in [-0.1, -0.05) is 27.6 Å². The molecule has 2 amide bonds. The van der Waals surface area contributed by atoms with Crippen LogP contribution in [0.1, 0.15) is 31.2 Å². The second-order valence-electron chi connectivity index (χ2n) is 10.2. The van der Waals surface area contributed by atoms with Crippen LogP contribution in [0.3, 0.4) is 0 Å². The van der Waals surface area contributed by atoms with Gasteiger partial charge in [-0.25, -0.2) is 0 Å². The fraction of sp³-hybridized carbons (Fsp3) is 0.241. The van der Waals surface area contributed by atoms with Crippen LogP contribution in [0, 0.1) is 27.9 Å². The molecule has 4 aliphatic rings. The van der Waals surface area contributed by atoms with E-state index in [9.17, 15) is 34.4 Å². The summed E-state index contributed by atoms with van der Waals surface area (Å²) < 4.78 is 0.673. The summed E-state index contributed by atoms with van der Waals surface area (Å²) in [6.45, 7) is 1.57. The first-order chi connectivity index (χ1) is 18.6. The van der Waals surface area contributed by atoms with Crippen molar-refractivity contribution in [2.45, 2.75) is 25.7 Å². The van der Waals surface area contributed by atoms with Crippen LogP contribution < -0.4 is 4.90 Å². The Bertz CT molecular complexity index is 1620. The zero-order valence-electron chi connectivity index (χ0n) is 20.6. The molecular formula is C29H21BrN2O7. The topological polar surface area (TPSA) is 135 Å². The number of nitro benzene ring substituents is 1. The molecule has 2 aromatic rings. The van der Waals surface area contributed by atoms with Crippen molar-refractivity contribution < 1.29 is 29.2 Å². The summed E-state index contributed by atoms with van der Waals surface area (Å²) in [5.74, 6) is -4.26. The van der Waals surface area contributed by atoms with Crippen molar-refractivity contribution in [1.29, 1.82) is 0 Å². The maximum Gasteiger partial charge on any atom is 0.269 e. The number of aromatic hydroxyl groups is 1. The Morgan fingerprint density at radius 1 is 1.03 bits per heavy atom. The van der Waals surface area contributed by atoms with Gasteiger partial charge in [0.2, 0.25) is 11.8 Å². The van der Waals surface area contributed by atoms with E-state index in [-0.39, 0.29) is 41.5 Å². The number of carbonyl (C=O) groups excluding carboxylic acids is 4. The minimum atomic E-state index is -0.785. The van der Waals surface area contributed by atoms with Gasteiger partial charge in [0.05, 0.1) is 22.4 Å². The predicted molar refractivity (Wildman–Crippen MR) is 143 cm³/mol. The van der Waals surface area contributed by atoms with Gasteiger partial charge in [0.1, 0.15) is 5.75 Å². The van der Waals surface area contributed by atoms with Crippen LogP contribution >= 0.6 is 15.9 Å². The average Bonchev–Trinajstić information content (AvgIpc) is 3.17. The highest BCUT2D eigenvalue weighted by Crippen LogP contribution is 2.56. The molecule has 6 rings (SSSR count). The molecule has 39 heavy (non-hydrogen) atoms. The van der Waals surface area contributed by atoms with E-state index >= 15 is 0 Å². The van der Waals surface area contributed by atoms with E-state index in [0.29, 0.717) is 26.8 Å². The largest absolute Gasteiger partial charge is 0.508 e. The molecule has 1 saturated heterocycles. The number of amides is 2. The number of benzene rings is 2. The molecule has 0 bridgehead atoms. The Hall–Kier alpha value is -4.18. The number of hydrogen-bond acceptors (Lipinski definition) is 7. The van der Waals surface area contributed by atoms with Crippen LogP contribution in [0.25, 0.3) is 0 Å². The summed E-state index contributed by atoms with van der Waals surface area (Å²) in [6, 6.07) is 10.1. The number of phenols is 1. The average molecular weight is 589 g/mol. The number of imide groups is 1. The first-order valence-electron chi connectivity index (χ1n) is 12.4. The van der Waals surface area contributed by atoms with E-state index in [1.807, 2.05) is 6.08 Å². The highest BCUT2D eigenvalue weighted by molar-refractivity contribution is 9.10. The third-order valence-corrected chi connectivity index (χ3v) is 8.67. The number of halogens is 1. The summed E-state index contributed by atoms with van der Waals surface area (Å²) in [5, 5.41) is 21.9. The Labute approximate surface area is 230 Å². The highest BCUT2D eigenvalue weighted by atomic mass is 79.9. The van der Waals surface area contributed by atoms with E-state index in [4.69, 9.17) is 0 Å². The normalized spacial score (nSPS) is 26.2. The second-order valence-corrected chi connectivity index (χ2v) is 11.1. The number of non-ortho nitro benzene ring substituents is 1. The van der Waals surface area contributed by atoms with Crippen molar-refractivity contribution in [2.24, 2.45) is 17.8 Å². The molecule has 0 spiro atoms. The minimum Gasteiger partial charge on any atom is -0.508 e. The van der Waals surface area contributed by atoms with Crippen molar-refractivity contribution >= 4 is 50.7 Å². The van der Waals surface area contributed by atoms with Crippen molar-refractivity contribution in [3.8, 4) is 5.75 Å². The van der Waals surface area contributed by atoms with Crippen LogP contribution in [0.15, 0.2) is 81.4 Å². The monoisotopic (exact) mass is 588 g/mol. The van der Waals surface area contributed by atoms with Crippen molar-refractivity contribution in [3.63, 3.8) is 0 Å². The lowest BCUT2D eigenvalue weighted by atomic mass is 9.59. The van der Waals surface area contributed by atoms with Gasteiger partial charge in [-0.15, -0.1) is 0 Å². The van der Waals surface area contributed by atoms with Gasteiger partial charge in [-0.3, -0.25) is 34.2 Å². The third kappa shape index (κ3) is 3.73. The standard InChI is InChI=1S/C29H21BrN2O7/c1-13-10-23(34)26-21(27(13)35)12-19-17(24(26)20-11-14(30)2-9-22(20)33)7-8-18-25(19)29(37)31(28(18)36)15-3-5-16(6-4-15)32(38)39/h2-7,9-11,18-19,24-25,33H,8,12H2,1H3. The van der Waals surface area contributed by atoms with Gasteiger partial charge < -0.3 is 5.11 Å². The lowest BCUT2D eigenvalue weighted by molar-refractivity contribution is -0.384. The van der Waals surface area contributed by atoms with Crippen LogP contribution in [-0.2, 0) is 19.2 Å². The number of phenolic OH excluding ortho intramolecular Hbond substituents is 1. The number of anilines is 1. The molecule has 196 valence electrons. The molecule has 1 heterocycles. The fourth-order valence-electron chi connectivity index (χ4n) is 6.47. The Morgan fingerprint density at radius 2 is 1.74 bits per heavy atom. The molecule has 1 N–H and O–H groups in total. The van der Waals surface area contributed by atoms with E-state index in [1.165, 1.54) is 36.4 Å². The zero-order chi connectivity index (χ0) is 27.7. The summed E-state index contributed by atoms with van der Waals surface area (Å²) >= 11 is 3.43. The van der Waals surface area contributed by atoms with E-state index in [2.05, 4.69) is 15.9 Å². The number of Topliss-reactive ketones (excluding diaryl/α,β-unsaturated/α-hetero) is 1. The number of carbonyl (C=O) groups is 4. The van der Waals surface area contributed by atoms with Gasteiger partial charge >= 0.3 is 0 Å². The molecule has 2 aromatic carbocycles. The first kappa shape index (κ1) is 25.1. The van der Waals surface area contributed by atoms with Gasteiger partial charge in [-0.05, 0) is 62.1 Å². The Morgan fingerprint density at radius 3 is 2.44 bits per heavy atom. The number of allylic oxidation sites excluding steroid dienone is 6. The quantitative estimate of drug-likeness (QED) is 0.180. The number of nitrogens with zero attached hydrogens (tertiary/aromatic N) is 2. The highest BCUT2D eigenvalue weighted by Gasteiger charge is 2.56. The number of nitro groups is 1. The number of fused-ring (bicyclic) bond motifs is 3. The van der Waals surface area contributed by atoms with Gasteiger partial charge in [0.15, 0.2) is 11.6 Å². The molecule has 0 saturated carbocycles.